The lowest BCUT2D eigenvalue weighted by molar-refractivity contribution is -0.384. The van der Waals surface area contributed by atoms with Crippen molar-refractivity contribution in [3.8, 4) is 0 Å². The molecule has 0 spiro atoms. The highest BCUT2D eigenvalue weighted by atomic mass is 16.6. The summed E-state index contributed by atoms with van der Waals surface area (Å²) in [6, 6.07) is 4.60. The average molecular weight is 308 g/mol. The third-order valence-electron chi connectivity index (χ3n) is 2.61. The standard InChI is InChI=1S/C12H15BN3O6/c1-21-13-15-10(6-11(14)17)12(18)22-7-8-2-4-9(5-3-8)16(19)20/h2-5,10,15H,6-7H2,1H3,(H2,14,17)/t10-/m1/s1. The zero-order valence-corrected chi connectivity index (χ0v) is 11.9. The van der Waals surface area contributed by atoms with Gasteiger partial charge in [-0.15, -0.1) is 0 Å². The van der Waals surface area contributed by atoms with Crippen molar-refractivity contribution in [1.29, 1.82) is 0 Å². The monoisotopic (exact) mass is 308 g/mol. The normalized spacial score (nSPS) is 11.5. The number of nitrogens with two attached hydrogens (primary N) is 1. The van der Waals surface area contributed by atoms with Crippen molar-refractivity contribution in [3.63, 3.8) is 0 Å². The Morgan fingerprint density at radius 3 is 2.55 bits per heavy atom. The smallest absolute Gasteiger partial charge is 0.396 e. The number of nitro benzene ring substituents is 1. The van der Waals surface area contributed by atoms with Crippen molar-refractivity contribution >= 4 is 25.2 Å². The van der Waals surface area contributed by atoms with Crippen LogP contribution < -0.4 is 11.0 Å². The van der Waals surface area contributed by atoms with Gasteiger partial charge in [0.05, 0.1) is 11.3 Å². The number of primary amides is 1. The summed E-state index contributed by atoms with van der Waals surface area (Å²) in [5, 5.41) is 13.1. The van der Waals surface area contributed by atoms with Crippen molar-refractivity contribution in [3.05, 3.63) is 39.9 Å². The summed E-state index contributed by atoms with van der Waals surface area (Å²) in [4.78, 5) is 32.8. The second-order valence-corrected chi connectivity index (χ2v) is 4.27. The molecule has 1 rings (SSSR count). The SMILES string of the molecule is CO[B]N[C@H](CC(N)=O)C(=O)OCc1ccc([N+](=O)[O-])cc1. The summed E-state index contributed by atoms with van der Waals surface area (Å²) in [5.41, 5.74) is 5.57. The zero-order chi connectivity index (χ0) is 16.5. The van der Waals surface area contributed by atoms with Crippen molar-refractivity contribution < 1.29 is 23.9 Å². The number of non-ortho nitro benzene ring substituents is 1. The molecule has 1 radical (unpaired) electrons. The predicted octanol–water partition coefficient (Wildman–Crippen LogP) is -0.348. The number of carbonyl (C=O) groups is 2. The Labute approximate surface area is 127 Å². The van der Waals surface area contributed by atoms with Gasteiger partial charge in [-0.1, -0.05) is 0 Å². The van der Waals surface area contributed by atoms with Crippen LogP contribution in [0.2, 0.25) is 0 Å². The van der Waals surface area contributed by atoms with E-state index in [2.05, 4.69) is 9.88 Å². The maximum Gasteiger partial charge on any atom is 0.396 e. The van der Waals surface area contributed by atoms with Gasteiger partial charge in [0.15, 0.2) is 0 Å². The minimum Gasteiger partial charge on any atom is -0.460 e. The molecule has 0 bridgehead atoms. The first-order valence-corrected chi connectivity index (χ1v) is 6.23. The summed E-state index contributed by atoms with van der Waals surface area (Å²) < 4.78 is 9.68. The van der Waals surface area contributed by atoms with E-state index in [1.807, 2.05) is 0 Å². The lowest BCUT2D eigenvalue weighted by Gasteiger charge is -2.15. The number of nitrogens with one attached hydrogen (secondary N) is 1. The van der Waals surface area contributed by atoms with Crippen LogP contribution in [-0.4, -0.2) is 37.6 Å². The topological polar surface area (TPSA) is 134 Å². The Kier molecular flexibility index (Phi) is 7.00. The van der Waals surface area contributed by atoms with Gasteiger partial charge in [-0.2, -0.15) is 0 Å². The van der Waals surface area contributed by atoms with E-state index in [0.29, 0.717) is 5.56 Å². The number of nitrogens with zero attached hydrogens (tertiary/aromatic N) is 1. The summed E-state index contributed by atoms with van der Waals surface area (Å²) in [6.45, 7) is -0.0826. The van der Waals surface area contributed by atoms with E-state index in [-0.39, 0.29) is 18.7 Å². The van der Waals surface area contributed by atoms with Crippen LogP contribution in [0.3, 0.4) is 0 Å². The van der Waals surface area contributed by atoms with Crippen LogP contribution in [0, 0.1) is 10.1 Å². The van der Waals surface area contributed by atoms with Crippen molar-refractivity contribution in [2.75, 3.05) is 7.11 Å². The van der Waals surface area contributed by atoms with E-state index in [9.17, 15) is 19.7 Å². The highest BCUT2D eigenvalue weighted by Crippen LogP contribution is 2.12. The van der Waals surface area contributed by atoms with Gasteiger partial charge in [0.25, 0.3) is 5.69 Å². The van der Waals surface area contributed by atoms with Crippen LogP contribution in [0.5, 0.6) is 0 Å². The predicted molar refractivity (Wildman–Crippen MR) is 76.4 cm³/mol. The molecule has 1 aromatic rings. The molecule has 0 fully saturated rings. The molecular weight excluding hydrogens is 293 g/mol. The molecule has 0 aliphatic rings. The highest BCUT2D eigenvalue weighted by molar-refractivity contribution is 6.24. The molecule has 3 N–H and O–H groups in total. The minimum atomic E-state index is -0.963. The largest absolute Gasteiger partial charge is 0.460 e. The average Bonchev–Trinajstić information content (AvgIpc) is 2.49. The van der Waals surface area contributed by atoms with Crippen LogP contribution in [0.4, 0.5) is 5.69 Å². The van der Waals surface area contributed by atoms with Gasteiger partial charge in [-0.25, -0.2) is 0 Å². The lowest BCUT2D eigenvalue weighted by Crippen LogP contribution is -2.43. The number of rotatable bonds is 9. The van der Waals surface area contributed by atoms with E-state index >= 15 is 0 Å². The van der Waals surface area contributed by atoms with Gasteiger partial charge >= 0.3 is 13.6 Å². The summed E-state index contributed by atoms with van der Waals surface area (Å²) >= 11 is 0. The molecular formula is C12H15BN3O6. The fraction of sp³-hybridized carbons (Fsp3) is 0.333. The molecule has 0 saturated carbocycles. The fourth-order valence-electron chi connectivity index (χ4n) is 1.53. The minimum absolute atomic E-state index is 0.0574. The van der Waals surface area contributed by atoms with Crippen molar-refractivity contribution in [2.24, 2.45) is 5.73 Å². The quantitative estimate of drug-likeness (QED) is 0.275. The summed E-state index contributed by atoms with van der Waals surface area (Å²) in [5.74, 6) is -1.36. The van der Waals surface area contributed by atoms with Gasteiger partial charge in [0.1, 0.15) is 12.6 Å². The van der Waals surface area contributed by atoms with Crippen LogP contribution >= 0.6 is 0 Å². The maximum absolute atomic E-state index is 11.9. The van der Waals surface area contributed by atoms with Crippen LogP contribution in [0.25, 0.3) is 0 Å². The van der Waals surface area contributed by atoms with Gasteiger partial charge in [-0.05, 0) is 17.7 Å². The Morgan fingerprint density at radius 1 is 1.41 bits per heavy atom. The zero-order valence-electron chi connectivity index (χ0n) is 11.9. The molecule has 0 aliphatic carbocycles. The highest BCUT2D eigenvalue weighted by Gasteiger charge is 2.22. The Morgan fingerprint density at radius 2 is 2.05 bits per heavy atom. The third kappa shape index (κ3) is 5.89. The van der Waals surface area contributed by atoms with Gasteiger partial charge in [0, 0.05) is 19.2 Å². The second-order valence-electron chi connectivity index (χ2n) is 4.27. The number of nitro groups is 1. The fourth-order valence-corrected chi connectivity index (χ4v) is 1.53. The van der Waals surface area contributed by atoms with E-state index < -0.39 is 22.8 Å². The van der Waals surface area contributed by atoms with Gasteiger partial charge < -0.3 is 20.4 Å². The number of ether oxygens (including phenoxy) is 1. The first-order valence-electron chi connectivity index (χ1n) is 6.23. The molecule has 0 aliphatic heterocycles. The summed E-state index contributed by atoms with van der Waals surface area (Å²) in [6.07, 6.45) is -0.251. The van der Waals surface area contributed by atoms with Crippen molar-refractivity contribution in [2.45, 2.75) is 19.1 Å². The van der Waals surface area contributed by atoms with E-state index in [4.69, 9.17) is 10.5 Å². The third-order valence-corrected chi connectivity index (χ3v) is 2.61. The molecule has 117 valence electrons. The Hall–Kier alpha value is -2.46. The van der Waals surface area contributed by atoms with Gasteiger partial charge in [-0.3, -0.25) is 19.7 Å². The number of carbonyl (C=O) groups excluding carboxylic acids is 2. The second kappa shape index (κ2) is 8.75. The number of benzene rings is 1. The molecule has 10 heteroatoms. The maximum atomic E-state index is 11.9. The Bertz CT molecular complexity index is 536. The van der Waals surface area contributed by atoms with Gasteiger partial charge in [0.2, 0.25) is 5.91 Å². The Balaban J connectivity index is 2.57. The first-order chi connectivity index (χ1) is 10.4. The van der Waals surface area contributed by atoms with Crippen LogP contribution in [-0.2, 0) is 25.6 Å². The van der Waals surface area contributed by atoms with Crippen LogP contribution in [0.15, 0.2) is 24.3 Å². The molecule has 9 nitrogen and oxygen atoms in total. The van der Waals surface area contributed by atoms with Crippen LogP contribution in [0.1, 0.15) is 12.0 Å². The molecule has 0 unspecified atom stereocenters. The van der Waals surface area contributed by atoms with E-state index in [1.54, 1.807) is 0 Å². The van der Waals surface area contributed by atoms with Crippen molar-refractivity contribution in [1.82, 2.24) is 5.23 Å². The molecule has 1 amide bonds. The number of hydrogen-bond acceptors (Lipinski definition) is 7. The first kappa shape index (κ1) is 17.6. The number of hydrogen-bond donors (Lipinski definition) is 2. The number of esters is 1. The van der Waals surface area contributed by atoms with E-state index in [1.165, 1.54) is 31.4 Å². The molecule has 0 aromatic heterocycles. The molecule has 0 heterocycles. The lowest BCUT2D eigenvalue weighted by atomic mass is 10.1. The molecule has 1 atom stereocenters. The van der Waals surface area contributed by atoms with E-state index in [0.717, 1.165) is 7.62 Å². The molecule has 1 aromatic carbocycles. The number of amides is 1. The summed E-state index contributed by atoms with van der Waals surface area (Å²) in [7, 11) is 2.51. The molecule has 22 heavy (non-hydrogen) atoms. The molecule has 0 saturated heterocycles.